The Morgan fingerprint density at radius 2 is 1.56 bits per heavy atom. The Morgan fingerprint density at radius 1 is 1.00 bits per heavy atom. The van der Waals surface area contributed by atoms with Crippen molar-refractivity contribution < 1.29 is 0 Å². The Kier molecular flexibility index (Phi) is 4.84. The first-order valence-corrected chi connectivity index (χ1v) is 8.85. The minimum atomic E-state index is -0.151. The highest BCUT2D eigenvalue weighted by atomic mass is 79.9. The van der Waals surface area contributed by atoms with Gasteiger partial charge in [0.2, 0.25) is 0 Å². The molecule has 0 aliphatic heterocycles. The average Bonchev–Trinajstić information content (AvgIpc) is 2.72. The Hall–Kier alpha value is 1.42. The highest BCUT2D eigenvalue weighted by Crippen LogP contribution is 2.44. The fourth-order valence-corrected chi connectivity index (χ4v) is 5.40. The SMILES string of the molecule is Clc1sc(C(Cl)c2cc(Br)c(Br)s2)cc1Br. The molecule has 0 saturated heterocycles. The highest BCUT2D eigenvalue weighted by Gasteiger charge is 2.18. The van der Waals surface area contributed by atoms with E-state index >= 15 is 0 Å². The summed E-state index contributed by atoms with van der Waals surface area (Å²) in [7, 11) is 0. The molecule has 0 aromatic carbocycles. The van der Waals surface area contributed by atoms with E-state index in [2.05, 4.69) is 47.8 Å². The highest BCUT2D eigenvalue weighted by molar-refractivity contribution is 9.13. The van der Waals surface area contributed by atoms with Crippen molar-refractivity contribution in [2.24, 2.45) is 0 Å². The van der Waals surface area contributed by atoms with E-state index in [1.165, 1.54) is 11.3 Å². The topological polar surface area (TPSA) is 0 Å². The third kappa shape index (κ3) is 2.87. The maximum atomic E-state index is 6.40. The Labute approximate surface area is 136 Å². The molecule has 0 fully saturated rings. The molecule has 1 atom stereocenters. The summed E-state index contributed by atoms with van der Waals surface area (Å²) in [6.07, 6.45) is 0. The van der Waals surface area contributed by atoms with Crippen LogP contribution in [0, 0.1) is 0 Å². The van der Waals surface area contributed by atoms with Gasteiger partial charge in [-0.1, -0.05) is 11.6 Å². The van der Waals surface area contributed by atoms with Crippen molar-refractivity contribution in [2.45, 2.75) is 5.38 Å². The lowest BCUT2D eigenvalue weighted by atomic mass is 10.3. The molecule has 0 bridgehead atoms. The lowest BCUT2D eigenvalue weighted by Crippen LogP contribution is -1.84. The molecule has 0 aliphatic carbocycles. The molecule has 1 unspecified atom stereocenters. The fourth-order valence-electron chi connectivity index (χ4n) is 1.12. The van der Waals surface area contributed by atoms with E-state index in [9.17, 15) is 0 Å². The molecule has 0 radical (unpaired) electrons. The maximum absolute atomic E-state index is 6.40. The van der Waals surface area contributed by atoms with E-state index in [0.717, 1.165) is 26.8 Å². The van der Waals surface area contributed by atoms with Crippen molar-refractivity contribution in [1.29, 1.82) is 0 Å². The minimum absolute atomic E-state index is 0.151. The van der Waals surface area contributed by atoms with Crippen molar-refractivity contribution in [3.8, 4) is 0 Å². The maximum Gasteiger partial charge on any atom is 0.107 e. The fraction of sp³-hybridized carbons (Fsp3) is 0.111. The predicted molar refractivity (Wildman–Crippen MR) is 84.4 cm³/mol. The first-order valence-electron chi connectivity index (χ1n) is 4.02. The van der Waals surface area contributed by atoms with Gasteiger partial charge in [-0.2, -0.15) is 0 Å². The summed E-state index contributed by atoms with van der Waals surface area (Å²) in [4.78, 5) is 2.13. The van der Waals surface area contributed by atoms with E-state index in [1.807, 2.05) is 12.1 Å². The van der Waals surface area contributed by atoms with Crippen LogP contribution >= 0.6 is 93.7 Å². The van der Waals surface area contributed by atoms with Crippen LogP contribution in [0.4, 0.5) is 0 Å². The van der Waals surface area contributed by atoms with Crippen LogP contribution in [0.2, 0.25) is 4.34 Å². The van der Waals surface area contributed by atoms with Gasteiger partial charge in [0, 0.05) is 18.7 Å². The summed E-state index contributed by atoms with van der Waals surface area (Å²) < 4.78 is 3.71. The van der Waals surface area contributed by atoms with E-state index in [0.29, 0.717) is 0 Å². The van der Waals surface area contributed by atoms with Gasteiger partial charge < -0.3 is 0 Å². The molecule has 2 heterocycles. The molecule has 0 amide bonds. The number of hydrogen-bond acceptors (Lipinski definition) is 2. The van der Waals surface area contributed by atoms with Gasteiger partial charge in [0.05, 0.1) is 3.79 Å². The molecule has 2 aromatic rings. The Bertz CT molecular complexity index is 436. The molecule has 2 rings (SSSR count). The van der Waals surface area contributed by atoms with E-state index in [4.69, 9.17) is 23.2 Å². The quantitative estimate of drug-likeness (QED) is 0.399. The second kappa shape index (κ2) is 5.59. The number of hydrogen-bond donors (Lipinski definition) is 0. The smallest absolute Gasteiger partial charge is 0.107 e. The predicted octanol–water partition coefficient (Wildman–Crippen LogP) is 7.08. The summed E-state index contributed by atoms with van der Waals surface area (Å²) in [5, 5.41) is -0.151. The van der Waals surface area contributed by atoms with Crippen LogP contribution in [0.15, 0.2) is 24.9 Å². The second-order valence-electron chi connectivity index (χ2n) is 2.90. The zero-order chi connectivity index (χ0) is 11.9. The molecular weight excluding hydrogens is 483 g/mol. The second-order valence-corrected chi connectivity index (χ2v) is 9.14. The molecule has 0 saturated carbocycles. The van der Waals surface area contributed by atoms with Crippen LogP contribution in [-0.2, 0) is 0 Å². The van der Waals surface area contributed by atoms with Gasteiger partial charge >= 0.3 is 0 Å². The first kappa shape index (κ1) is 13.8. The van der Waals surface area contributed by atoms with Gasteiger partial charge in [-0.15, -0.1) is 34.3 Å². The Morgan fingerprint density at radius 3 is 2.00 bits per heavy atom. The van der Waals surface area contributed by atoms with Crippen LogP contribution in [0.5, 0.6) is 0 Å². The average molecular weight is 486 g/mol. The van der Waals surface area contributed by atoms with Crippen LogP contribution in [0.25, 0.3) is 0 Å². The lowest BCUT2D eigenvalue weighted by Gasteiger charge is -2.02. The van der Waals surface area contributed by atoms with Gasteiger partial charge in [-0.3, -0.25) is 0 Å². The first-order chi connectivity index (χ1) is 7.49. The molecule has 16 heavy (non-hydrogen) atoms. The molecular formula is C9H3Br3Cl2S2. The number of alkyl halides is 1. The summed E-state index contributed by atoms with van der Waals surface area (Å²) >= 11 is 25.8. The molecule has 0 N–H and O–H groups in total. The molecule has 86 valence electrons. The summed E-state index contributed by atoms with van der Waals surface area (Å²) in [5.74, 6) is 0. The van der Waals surface area contributed by atoms with E-state index < -0.39 is 0 Å². The van der Waals surface area contributed by atoms with Crippen LogP contribution in [0.1, 0.15) is 15.1 Å². The Balaban J connectivity index is 2.34. The van der Waals surface area contributed by atoms with E-state index in [1.54, 1.807) is 11.3 Å². The van der Waals surface area contributed by atoms with Crippen molar-refractivity contribution in [2.75, 3.05) is 0 Å². The lowest BCUT2D eigenvalue weighted by molar-refractivity contribution is 1.24. The standard InChI is InChI=1S/C9H3Br3Cl2S2/c10-3-1-5(15-8(3)12)7(13)6-2-4(11)9(14)16-6/h1-2,7H. The molecule has 2 aromatic heterocycles. The van der Waals surface area contributed by atoms with Crippen molar-refractivity contribution in [1.82, 2.24) is 0 Å². The zero-order valence-electron chi connectivity index (χ0n) is 7.44. The summed E-state index contributed by atoms with van der Waals surface area (Å²) in [5.41, 5.74) is 0. The van der Waals surface area contributed by atoms with E-state index in [-0.39, 0.29) is 5.38 Å². The molecule has 0 spiro atoms. The van der Waals surface area contributed by atoms with Crippen LogP contribution in [0.3, 0.4) is 0 Å². The zero-order valence-corrected chi connectivity index (χ0v) is 15.3. The van der Waals surface area contributed by atoms with Gasteiger partial charge in [-0.05, 0) is 59.9 Å². The third-order valence-corrected chi connectivity index (χ3v) is 8.42. The monoisotopic (exact) mass is 482 g/mol. The van der Waals surface area contributed by atoms with Gasteiger partial charge in [-0.25, -0.2) is 0 Å². The van der Waals surface area contributed by atoms with Crippen molar-refractivity contribution in [3.05, 3.63) is 39.0 Å². The van der Waals surface area contributed by atoms with Gasteiger partial charge in [0.1, 0.15) is 9.71 Å². The van der Waals surface area contributed by atoms with Crippen molar-refractivity contribution >= 4 is 93.7 Å². The normalized spacial score (nSPS) is 13.1. The third-order valence-electron chi connectivity index (χ3n) is 1.83. The van der Waals surface area contributed by atoms with Crippen LogP contribution < -0.4 is 0 Å². The van der Waals surface area contributed by atoms with Gasteiger partial charge in [0.15, 0.2) is 0 Å². The van der Waals surface area contributed by atoms with Crippen LogP contribution in [-0.4, -0.2) is 0 Å². The summed E-state index contributed by atoms with van der Waals surface area (Å²) in [6, 6.07) is 3.99. The molecule has 7 heteroatoms. The minimum Gasteiger partial charge on any atom is -0.130 e. The molecule has 0 aliphatic rings. The number of thiophene rings is 2. The number of halogens is 5. The number of rotatable bonds is 2. The summed E-state index contributed by atoms with van der Waals surface area (Å²) in [6.45, 7) is 0. The molecule has 0 nitrogen and oxygen atoms in total. The largest absolute Gasteiger partial charge is 0.130 e. The van der Waals surface area contributed by atoms with Crippen molar-refractivity contribution in [3.63, 3.8) is 0 Å². The van der Waals surface area contributed by atoms with Gasteiger partial charge in [0.25, 0.3) is 0 Å².